The molecule has 0 aromatic heterocycles. The fourth-order valence-electron chi connectivity index (χ4n) is 6.65. The van der Waals surface area contributed by atoms with Gasteiger partial charge in [0, 0.05) is 13.1 Å². The highest BCUT2D eigenvalue weighted by Gasteiger charge is 2.51. The van der Waals surface area contributed by atoms with E-state index in [4.69, 9.17) is 9.47 Å². The summed E-state index contributed by atoms with van der Waals surface area (Å²) in [6.07, 6.45) is 8.11. The molecule has 0 radical (unpaired) electrons. The van der Waals surface area contributed by atoms with Crippen LogP contribution >= 0.6 is 0 Å². The number of amides is 1. The quantitative estimate of drug-likeness (QED) is 0.811. The van der Waals surface area contributed by atoms with E-state index in [1.807, 2.05) is 11.8 Å². The summed E-state index contributed by atoms with van der Waals surface area (Å²) in [5.41, 5.74) is 1.92. The van der Waals surface area contributed by atoms with Crippen LogP contribution in [0.1, 0.15) is 51.0 Å². The Kier molecular flexibility index (Phi) is 4.42. The SMILES string of the molecule is CC(Oc1ccc(C23CC4CC(CC(C4)C2)C3)cc1)C(=O)N1CCOCC1. The van der Waals surface area contributed by atoms with Gasteiger partial charge in [0.1, 0.15) is 5.75 Å². The van der Waals surface area contributed by atoms with Crippen LogP contribution in [0.2, 0.25) is 0 Å². The second kappa shape index (κ2) is 6.80. The Labute approximate surface area is 162 Å². The number of rotatable bonds is 4. The van der Waals surface area contributed by atoms with E-state index in [0.717, 1.165) is 23.5 Å². The molecule has 1 unspecified atom stereocenters. The highest BCUT2D eigenvalue weighted by atomic mass is 16.5. The number of morpholine rings is 1. The topological polar surface area (TPSA) is 38.8 Å². The number of carbonyl (C=O) groups excluding carboxylic acids is 1. The van der Waals surface area contributed by atoms with Crippen LogP contribution < -0.4 is 4.74 Å². The highest BCUT2D eigenvalue weighted by molar-refractivity contribution is 5.81. The standard InChI is InChI=1S/C23H31NO3/c1-16(22(25)24-6-8-26-9-7-24)27-21-4-2-20(3-5-21)23-13-17-10-18(14-23)12-19(11-17)15-23/h2-5,16-19H,6-15H2,1H3. The Morgan fingerprint density at radius 3 is 2.15 bits per heavy atom. The zero-order chi connectivity index (χ0) is 18.4. The summed E-state index contributed by atoms with van der Waals surface area (Å²) in [5, 5.41) is 0. The molecule has 1 aromatic rings. The fraction of sp³-hybridized carbons (Fsp3) is 0.696. The lowest BCUT2D eigenvalue weighted by atomic mass is 9.48. The van der Waals surface area contributed by atoms with Gasteiger partial charge in [-0.15, -0.1) is 0 Å². The summed E-state index contributed by atoms with van der Waals surface area (Å²) in [7, 11) is 0. The Morgan fingerprint density at radius 2 is 1.59 bits per heavy atom. The molecule has 0 spiro atoms. The van der Waals surface area contributed by atoms with Gasteiger partial charge in [-0.1, -0.05) is 12.1 Å². The summed E-state index contributed by atoms with van der Waals surface area (Å²) in [4.78, 5) is 14.4. The second-order valence-electron chi connectivity index (χ2n) is 9.42. The maximum atomic E-state index is 12.5. The Balaban J connectivity index is 1.26. The van der Waals surface area contributed by atoms with Crippen molar-refractivity contribution in [2.24, 2.45) is 17.8 Å². The summed E-state index contributed by atoms with van der Waals surface area (Å²) < 4.78 is 11.3. The highest BCUT2D eigenvalue weighted by Crippen LogP contribution is 2.60. The minimum Gasteiger partial charge on any atom is -0.481 e. The summed E-state index contributed by atoms with van der Waals surface area (Å²) in [6, 6.07) is 8.71. The van der Waals surface area contributed by atoms with Crippen LogP contribution in [-0.2, 0) is 14.9 Å². The lowest BCUT2D eigenvalue weighted by Gasteiger charge is -2.57. The van der Waals surface area contributed by atoms with E-state index in [1.165, 1.54) is 44.1 Å². The monoisotopic (exact) mass is 369 g/mol. The van der Waals surface area contributed by atoms with Crippen molar-refractivity contribution in [1.29, 1.82) is 0 Å². The number of hydrogen-bond acceptors (Lipinski definition) is 3. The van der Waals surface area contributed by atoms with Gasteiger partial charge in [-0.05, 0) is 86.3 Å². The predicted molar refractivity (Wildman–Crippen MR) is 104 cm³/mol. The van der Waals surface area contributed by atoms with Gasteiger partial charge in [-0.3, -0.25) is 4.79 Å². The van der Waals surface area contributed by atoms with Crippen molar-refractivity contribution in [2.45, 2.75) is 57.0 Å². The third kappa shape index (κ3) is 3.26. The third-order valence-electron chi connectivity index (χ3n) is 7.49. The van der Waals surface area contributed by atoms with Gasteiger partial charge < -0.3 is 14.4 Å². The molecule has 146 valence electrons. The Hall–Kier alpha value is -1.55. The van der Waals surface area contributed by atoms with Crippen molar-refractivity contribution in [3.8, 4) is 5.75 Å². The molecule has 1 saturated heterocycles. The molecular formula is C23H31NO3. The van der Waals surface area contributed by atoms with Gasteiger partial charge in [-0.2, -0.15) is 0 Å². The van der Waals surface area contributed by atoms with E-state index in [1.54, 1.807) is 0 Å². The molecule has 4 aliphatic carbocycles. The lowest BCUT2D eigenvalue weighted by Crippen LogP contribution is -2.48. The zero-order valence-corrected chi connectivity index (χ0v) is 16.4. The maximum Gasteiger partial charge on any atom is 0.263 e. The number of carbonyl (C=O) groups is 1. The Bertz CT molecular complexity index is 657. The van der Waals surface area contributed by atoms with Gasteiger partial charge in [-0.25, -0.2) is 0 Å². The van der Waals surface area contributed by atoms with Crippen molar-refractivity contribution in [1.82, 2.24) is 4.90 Å². The van der Waals surface area contributed by atoms with Crippen LogP contribution in [0.5, 0.6) is 5.75 Å². The van der Waals surface area contributed by atoms with E-state index in [0.29, 0.717) is 31.7 Å². The van der Waals surface area contributed by atoms with E-state index in [-0.39, 0.29) is 5.91 Å². The lowest BCUT2D eigenvalue weighted by molar-refractivity contribution is -0.142. The normalized spacial score (nSPS) is 35.9. The molecule has 4 heteroatoms. The molecule has 6 rings (SSSR count). The maximum absolute atomic E-state index is 12.5. The third-order valence-corrected chi connectivity index (χ3v) is 7.49. The van der Waals surface area contributed by atoms with Gasteiger partial charge in [0.15, 0.2) is 6.10 Å². The molecule has 4 saturated carbocycles. The van der Waals surface area contributed by atoms with E-state index in [2.05, 4.69) is 24.3 Å². The molecule has 1 heterocycles. The molecule has 5 fully saturated rings. The van der Waals surface area contributed by atoms with Crippen molar-refractivity contribution >= 4 is 5.91 Å². The molecule has 1 atom stereocenters. The molecule has 4 nitrogen and oxygen atoms in total. The number of benzene rings is 1. The number of nitrogens with zero attached hydrogens (tertiary/aromatic N) is 1. The molecular weight excluding hydrogens is 338 g/mol. The average Bonchev–Trinajstić information content (AvgIpc) is 2.67. The van der Waals surface area contributed by atoms with Crippen molar-refractivity contribution < 1.29 is 14.3 Å². The largest absolute Gasteiger partial charge is 0.481 e. The number of hydrogen-bond donors (Lipinski definition) is 0. The van der Waals surface area contributed by atoms with Crippen LogP contribution in [-0.4, -0.2) is 43.2 Å². The summed E-state index contributed by atoms with van der Waals surface area (Å²) in [5.74, 6) is 3.73. The molecule has 0 N–H and O–H groups in total. The second-order valence-corrected chi connectivity index (χ2v) is 9.42. The first-order valence-corrected chi connectivity index (χ1v) is 10.7. The van der Waals surface area contributed by atoms with E-state index >= 15 is 0 Å². The van der Waals surface area contributed by atoms with Crippen LogP contribution in [0.25, 0.3) is 0 Å². The average molecular weight is 370 g/mol. The Morgan fingerprint density at radius 1 is 1.04 bits per heavy atom. The summed E-state index contributed by atoms with van der Waals surface area (Å²) >= 11 is 0. The number of ether oxygens (including phenoxy) is 2. The van der Waals surface area contributed by atoms with Gasteiger partial charge in [0.2, 0.25) is 0 Å². The van der Waals surface area contributed by atoms with Crippen LogP contribution in [0.15, 0.2) is 24.3 Å². The minimum absolute atomic E-state index is 0.0588. The smallest absolute Gasteiger partial charge is 0.263 e. The van der Waals surface area contributed by atoms with Crippen LogP contribution in [0.3, 0.4) is 0 Å². The molecule has 1 aliphatic heterocycles. The van der Waals surface area contributed by atoms with Gasteiger partial charge >= 0.3 is 0 Å². The van der Waals surface area contributed by atoms with Crippen molar-refractivity contribution in [3.63, 3.8) is 0 Å². The fourth-order valence-corrected chi connectivity index (χ4v) is 6.65. The van der Waals surface area contributed by atoms with Crippen LogP contribution in [0.4, 0.5) is 0 Å². The first kappa shape index (κ1) is 17.5. The van der Waals surface area contributed by atoms with Gasteiger partial charge in [0.05, 0.1) is 13.2 Å². The summed E-state index contributed by atoms with van der Waals surface area (Å²) in [6.45, 7) is 4.43. The van der Waals surface area contributed by atoms with E-state index in [9.17, 15) is 4.79 Å². The molecule has 27 heavy (non-hydrogen) atoms. The van der Waals surface area contributed by atoms with E-state index < -0.39 is 6.10 Å². The van der Waals surface area contributed by atoms with Crippen molar-refractivity contribution in [3.05, 3.63) is 29.8 Å². The van der Waals surface area contributed by atoms with Gasteiger partial charge in [0.25, 0.3) is 5.91 Å². The molecule has 1 aromatic carbocycles. The molecule has 4 bridgehead atoms. The molecule has 1 amide bonds. The minimum atomic E-state index is -0.450. The molecule has 5 aliphatic rings. The van der Waals surface area contributed by atoms with Crippen molar-refractivity contribution in [2.75, 3.05) is 26.3 Å². The van der Waals surface area contributed by atoms with Crippen LogP contribution in [0, 0.1) is 17.8 Å². The first-order chi connectivity index (χ1) is 13.1. The predicted octanol–water partition coefficient (Wildman–Crippen LogP) is 3.78. The first-order valence-electron chi connectivity index (χ1n) is 10.7. The zero-order valence-electron chi connectivity index (χ0n) is 16.4.